The van der Waals surface area contributed by atoms with Gasteiger partial charge in [-0.1, -0.05) is 32.0 Å². The summed E-state index contributed by atoms with van der Waals surface area (Å²) < 4.78 is 10.8. The highest BCUT2D eigenvalue weighted by Gasteiger charge is 2.42. The minimum absolute atomic E-state index is 0.158. The van der Waals surface area contributed by atoms with Crippen LogP contribution >= 0.6 is 0 Å². The fourth-order valence-electron chi connectivity index (χ4n) is 4.93. The van der Waals surface area contributed by atoms with Crippen molar-refractivity contribution in [1.29, 1.82) is 0 Å². The third-order valence-electron chi connectivity index (χ3n) is 6.65. The van der Waals surface area contributed by atoms with Crippen LogP contribution < -0.4 is 15.2 Å². The van der Waals surface area contributed by atoms with Crippen molar-refractivity contribution < 1.29 is 23.9 Å². The molecule has 0 spiro atoms. The van der Waals surface area contributed by atoms with Gasteiger partial charge in [0.2, 0.25) is 11.8 Å². The van der Waals surface area contributed by atoms with Gasteiger partial charge in [-0.2, -0.15) is 0 Å². The molecule has 2 aromatic carbocycles. The average Bonchev–Trinajstić information content (AvgIpc) is 3.16. The van der Waals surface area contributed by atoms with E-state index in [4.69, 9.17) is 15.2 Å². The molecule has 8 heteroatoms. The molecule has 2 aromatic rings. The number of rotatable bonds is 7. The fraction of sp³-hybridized carbons (Fsp3) is 0.423. The molecule has 2 heterocycles. The molecule has 8 nitrogen and oxygen atoms in total. The molecule has 2 aliphatic heterocycles. The van der Waals surface area contributed by atoms with Gasteiger partial charge >= 0.3 is 0 Å². The van der Waals surface area contributed by atoms with E-state index in [0.29, 0.717) is 30.0 Å². The second-order valence-corrected chi connectivity index (χ2v) is 9.30. The molecule has 2 unspecified atom stereocenters. The van der Waals surface area contributed by atoms with Gasteiger partial charge in [0.15, 0.2) is 11.5 Å². The van der Waals surface area contributed by atoms with Crippen LogP contribution in [0.2, 0.25) is 0 Å². The standard InChI is InChI=1S/C26H31N3O5/c1-15(2)9-21(29-13-16-7-5-6-8-19(16)25(29)31)26(32)28-14-18-12-23(34-4)22(33-3)11-17(18)10-20(28)24(27)30/h5-8,11-12,15,20-21H,9-10,13-14H2,1-4H3,(H2,27,30). The van der Waals surface area contributed by atoms with Crippen LogP contribution in [0.3, 0.4) is 0 Å². The van der Waals surface area contributed by atoms with Crippen molar-refractivity contribution in [3.8, 4) is 11.5 Å². The normalized spacial score (nSPS) is 17.9. The Hall–Kier alpha value is -3.55. The number of primary amides is 1. The molecule has 2 aliphatic rings. The summed E-state index contributed by atoms with van der Waals surface area (Å²) >= 11 is 0. The topological polar surface area (TPSA) is 102 Å². The molecule has 2 atom stereocenters. The highest BCUT2D eigenvalue weighted by atomic mass is 16.5. The summed E-state index contributed by atoms with van der Waals surface area (Å²) in [6.07, 6.45) is 0.763. The predicted octanol–water partition coefficient (Wildman–Crippen LogP) is 2.51. The molecule has 0 aromatic heterocycles. The molecular formula is C26H31N3O5. The summed E-state index contributed by atoms with van der Waals surface area (Å²) in [6.45, 7) is 4.60. The highest BCUT2D eigenvalue weighted by Crippen LogP contribution is 2.36. The number of hydrogen-bond acceptors (Lipinski definition) is 5. The van der Waals surface area contributed by atoms with Crippen molar-refractivity contribution in [2.45, 2.75) is 51.9 Å². The van der Waals surface area contributed by atoms with Gasteiger partial charge in [-0.25, -0.2) is 0 Å². The Balaban J connectivity index is 1.69. The number of fused-ring (bicyclic) bond motifs is 2. The fourth-order valence-corrected chi connectivity index (χ4v) is 4.93. The molecule has 0 saturated heterocycles. The van der Waals surface area contributed by atoms with E-state index in [2.05, 4.69) is 0 Å². The number of amides is 3. The van der Waals surface area contributed by atoms with E-state index in [1.165, 1.54) is 4.90 Å². The largest absolute Gasteiger partial charge is 0.493 e. The lowest BCUT2D eigenvalue weighted by atomic mass is 9.91. The smallest absolute Gasteiger partial charge is 0.255 e. The van der Waals surface area contributed by atoms with Crippen LogP contribution in [0, 0.1) is 5.92 Å². The van der Waals surface area contributed by atoms with E-state index in [9.17, 15) is 14.4 Å². The van der Waals surface area contributed by atoms with Crippen molar-refractivity contribution in [1.82, 2.24) is 9.80 Å². The van der Waals surface area contributed by atoms with Crippen LogP contribution in [-0.2, 0) is 29.1 Å². The summed E-state index contributed by atoms with van der Waals surface area (Å²) in [6, 6.07) is 9.58. The van der Waals surface area contributed by atoms with Crippen LogP contribution in [0.4, 0.5) is 0 Å². The zero-order chi connectivity index (χ0) is 24.6. The third-order valence-corrected chi connectivity index (χ3v) is 6.65. The highest BCUT2D eigenvalue weighted by molar-refractivity contribution is 6.01. The summed E-state index contributed by atoms with van der Waals surface area (Å²) in [4.78, 5) is 42.8. The molecule has 4 rings (SSSR count). The first-order valence-electron chi connectivity index (χ1n) is 11.5. The minimum Gasteiger partial charge on any atom is -0.493 e. The minimum atomic E-state index is -0.812. The SMILES string of the molecule is COc1cc2c(cc1OC)CN(C(=O)C(CC(C)C)N1Cc3ccccc3C1=O)C(C(N)=O)C2. The van der Waals surface area contributed by atoms with Gasteiger partial charge in [0.05, 0.1) is 14.2 Å². The van der Waals surface area contributed by atoms with Gasteiger partial charge in [0, 0.05) is 25.1 Å². The average molecular weight is 466 g/mol. The Morgan fingerprint density at radius 1 is 1.03 bits per heavy atom. The van der Waals surface area contributed by atoms with Gasteiger partial charge < -0.3 is 25.0 Å². The third kappa shape index (κ3) is 4.20. The van der Waals surface area contributed by atoms with Crippen LogP contribution in [0.1, 0.15) is 47.3 Å². The van der Waals surface area contributed by atoms with Gasteiger partial charge in [-0.15, -0.1) is 0 Å². The van der Waals surface area contributed by atoms with Gasteiger partial charge in [0.25, 0.3) is 5.91 Å². The molecular weight excluding hydrogens is 434 g/mol. The predicted molar refractivity (Wildman–Crippen MR) is 126 cm³/mol. The van der Waals surface area contributed by atoms with Crippen LogP contribution in [0.15, 0.2) is 36.4 Å². The Kier molecular flexibility index (Phi) is 6.50. The van der Waals surface area contributed by atoms with Crippen molar-refractivity contribution >= 4 is 17.7 Å². The zero-order valence-corrected chi connectivity index (χ0v) is 20.0. The van der Waals surface area contributed by atoms with Crippen molar-refractivity contribution in [3.63, 3.8) is 0 Å². The van der Waals surface area contributed by atoms with Crippen molar-refractivity contribution in [2.24, 2.45) is 11.7 Å². The first-order valence-corrected chi connectivity index (χ1v) is 11.5. The maximum Gasteiger partial charge on any atom is 0.255 e. The maximum atomic E-state index is 14.0. The van der Waals surface area contributed by atoms with Crippen LogP contribution in [-0.4, -0.2) is 53.8 Å². The first kappa shape index (κ1) is 23.6. The van der Waals surface area contributed by atoms with Gasteiger partial charge in [0.1, 0.15) is 12.1 Å². The lowest BCUT2D eigenvalue weighted by Crippen LogP contribution is -2.57. The number of carbonyl (C=O) groups is 3. The Labute approximate surface area is 199 Å². The molecule has 0 bridgehead atoms. The molecule has 0 fully saturated rings. The molecule has 0 radical (unpaired) electrons. The number of benzene rings is 2. The second-order valence-electron chi connectivity index (χ2n) is 9.30. The van der Waals surface area contributed by atoms with E-state index in [0.717, 1.165) is 16.7 Å². The molecule has 34 heavy (non-hydrogen) atoms. The lowest BCUT2D eigenvalue weighted by molar-refractivity contribution is -0.145. The molecule has 0 saturated carbocycles. The summed E-state index contributed by atoms with van der Waals surface area (Å²) in [5.41, 5.74) is 9.04. The molecule has 2 N–H and O–H groups in total. The maximum absolute atomic E-state index is 14.0. The number of hydrogen-bond donors (Lipinski definition) is 1. The first-order chi connectivity index (χ1) is 16.2. The lowest BCUT2D eigenvalue weighted by Gasteiger charge is -2.39. The van der Waals surface area contributed by atoms with Crippen molar-refractivity contribution in [3.05, 3.63) is 58.7 Å². The Bertz CT molecular complexity index is 1130. The van der Waals surface area contributed by atoms with Crippen LogP contribution in [0.25, 0.3) is 0 Å². The number of carbonyl (C=O) groups excluding carboxylic acids is 3. The van der Waals surface area contributed by atoms with Gasteiger partial charge in [-0.3, -0.25) is 14.4 Å². The monoisotopic (exact) mass is 465 g/mol. The molecule has 0 aliphatic carbocycles. The Morgan fingerprint density at radius 2 is 1.68 bits per heavy atom. The number of methoxy groups -OCH3 is 2. The van der Waals surface area contributed by atoms with E-state index < -0.39 is 18.0 Å². The number of nitrogens with two attached hydrogens (primary N) is 1. The van der Waals surface area contributed by atoms with E-state index in [-0.39, 0.29) is 30.7 Å². The number of ether oxygens (including phenoxy) is 2. The second kappa shape index (κ2) is 9.37. The van der Waals surface area contributed by atoms with E-state index in [1.54, 1.807) is 25.2 Å². The molecule has 3 amide bonds. The Morgan fingerprint density at radius 3 is 2.26 bits per heavy atom. The number of nitrogens with zero attached hydrogens (tertiary/aromatic N) is 2. The summed E-state index contributed by atoms with van der Waals surface area (Å²) in [5, 5.41) is 0. The van der Waals surface area contributed by atoms with Crippen molar-refractivity contribution in [2.75, 3.05) is 14.2 Å². The summed E-state index contributed by atoms with van der Waals surface area (Å²) in [7, 11) is 3.10. The quantitative estimate of drug-likeness (QED) is 0.677. The van der Waals surface area contributed by atoms with Gasteiger partial charge in [-0.05, 0) is 47.2 Å². The molecule has 180 valence electrons. The van der Waals surface area contributed by atoms with Crippen LogP contribution in [0.5, 0.6) is 11.5 Å². The van der Waals surface area contributed by atoms with E-state index >= 15 is 0 Å². The summed E-state index contributed by atoms with van der Waals surface area (Å²) in [5.74, 6) is 0.276. The zero-order valence-electron chi connectivity index (χ0n) is 20.0. The van der Waals surface area contributed by atoms with E-state index in [1.807, 2.05) is 44.2 Å².